The minimum Gasteiger partial charge on any atom is -0.479 e. The Balaban J connectivity index is 1.77. The quantitative estimate of drug-likeness (QED) is 0.428. The number of hydrogen-bond donors (Lipinski definition) is 0. The number of hydrogen-bond acceptors (Lipinski definition) is 5. The van der Waals surface area contributed by atoms with Crippen LogP contribution in [0.25, 0.3) is 6.08 Å². The molecule has 0 radical (unpaired) electrons. The van der Waals surface area contributed by atoms with Gasteiger partial charge < -0.3 is 4.74 Å². The molecule has 0 aliphatic carbocycles. The Morgan fingerprint density at radius 2 is 2.27 bits per heavy atom. The molecule has 0 saturated carbocycles. The Hall–Kier alpha value is -2.33. The Labute approximate surface area is 166 Å². The van der Waals surface area contributed by atoms with Gasteiger partial charge in [-0.1, -0.05) is 53.6 Å². The normalized spacial score (nSPS) is 15.4. The maximum Gasteiger partial charge on any atom is 0.266 e. The van der Waals surface area contributed by atoms with Gasteiger partial charge in [0.25, 0.3) is 5.91 Å². The van der Waals surface area contributed by atoms with Crippen LogP contribution >= 0.6 is 35.6 Å². The molecule has 0 spiro atoms. The number of carbonyl (C=O) groups is 1. The van der Waals surface area contributed by atoms with Crippen LogP contribution < -0.4 is 4.74 Å². The number of rotatable bonds is 5. The minimum atomic E-state index is -0.132. The molecule has 3 rings (SSSR count). The third-order valence-corrected chi connectivity index (χ3v) is 5.17. The lowest BCUT2D eigenvalue weighted by atomic mass is 10.2. The zero-order chi connectivity index (χ0) is 18.5. The second-order valence-corrected chi connectivity index (χ2v) is 7.39. The number of ether oxygens (including phenoxy) is 1. The highest BCUT2D eigenvalue weighted by Gasteiger charge is 2.32. The molecule has 1 aliphatic heterocycles. The van der Waals surface area contributed by atoms with Crippen molar-refractivity contribution in [3.8, 4) is 18.1 Å². The number of benzene rings is 1. The van der Waals surface area contributed by atoms with E-state index in [1.807, 2.05) is 18.2 Å². The van der Waals surface area contributed by atoms with Crippen LogP contribution in [0.4, 0.5) is 0 Å². The fraction of sp³-hybridized carbons (Fsp3) is 0.105. The van der Waals surface area contributed by atoms with E-state index in [0.717, 1.165) is 11.1 Å². The first-order chi connectivity index (χ1) is 12.6. The van der Waals surface area contributed by atoms with Gasteiger partial charge in [0, 0.05) is 12.4 Å². The van der Waals surface area contributed by atoms with E-state index in [1.54, 1.807) is 35.5 Å². The van der Waals surface area contributed by atoms with Crippen LogP contribution in [0.15, 0.2) is 47.6 Å². The summed E-state index contributed by atoms with van der Waals surface area (Å²) in [5, 5.41) is 0.430. The summed E-state index contributed by atoms with van der Waals surface area (Å²) in [7, 11) is 0. The molecule has 1 aliphatic rings. The van der Waals surface area contributed by atoms with Crippen molar-refractivity contribution >= 4 is 51.9 Å². The first kappa shape index (κ1) is 18.5. The topological polar surface area (TPSA) is 42.4 Å². The van der Waals surface area contributed by atoms with E-state index in [-0.39, 0.29) is 12.5 Å². The van der Waals surface area contributed by atoms with Gasteiger partial charge in [0.15, 0.2) is 0 Å². The Bertz CT molecular complexity index is 923. The minimum absolute atomic E-state index is 0.132. The molecular formula is C19H13ClN2O2S2. The molecule has 1 fully saturated rings. The molecule has 7 heteroatoms. The van der Waals surface area contributed by atoms with Gasteiger partial charge in [-0.2, -0.15) is 0 Å². The predicted molar refractivity (Wildman–Crippen MR) is 109 cm³/mol. The van der Waals surface area contributed by atoms with E-state index in [1.165, 1.54) is 11.8 Å². The molecule has 4 nitrogen and oxygen atoms in total. The highest BCUT2D eigenvalue weighted by atomic mass is 35.5. The van der Waals surface area contributed by atoms with Crippen LogP contribution in [0, 0.1) is 12.3 Å². The number of carbonyl (C=O) groups excluding carboxylic acids is 1. The zero-order valence-corrected chi connectivity index (χ0v) is 15.9. The lowest BCUT2D eigenvalue weighted by Crippen LogP contribution is -2.27. The number of aromatic nitrogens is 1. The molecule has 0 N–H and O–H groups in total. The largest absolute Gasteiger partial charge is 0.479 e. The van der Waals surface area contributed by atoms with Crippen LogP contribution in [0.2, 0.25) is 5.02 Å². The molecule has 0 atom stereocenters. The van der Waals surface area contributed by atoms with Crippen molar-refractivity contribution in [1.82, 2.24) is 9.88 Å². The molecule has 1 saturated heterocycles. The Kier molecular flexibility index (Phi) is 5.94. The summed E-state index contributed by atoms with van der Waals surface area (Å²) in [6.45, 7) is 0.543. The van der Waals surface area contributed by atoms with Gasteiger partial charge in [-0.15, -0.1) is 6.42 Å². The maximum absolute atomic E-state index is 12.7. The van der Waals surface area contributed by atoms with E-state index in [9.17, 15) is 4.79 Å². The molecule has 2 heterocycles. The van der Waals surface area contributed by atoms with Gasteiger partial charge in [-0.05, 0) is 35.4 Å². The van der Waals surface area contributed by atoms with Crippen molar-refractivity contribution < 1.29 is 9.53 Å². The fourth-order valence-corrected chi connectivity index (χ4v) is 3.80. The second-order valence-electron chi connectivity index (χ2n) is 5.31. The van der Waals surface area contributed by atoms with Crippen LogP contribution in [-0.2, 0) is 11.3 Å². The summed E-state index contributed by atoms with van der Waals surface area (Å²) in [6.07, 6.45) is 10.3. The van der Waals surface area contributed by atoms with Crippen molar-refractivity contribution in [3.63, 3.8) is 0 Å². The maximum atomic E-state index is 12.7. The standard InChI is InChI=1S/C19H13ClN2O2S2/c1-2-8-24-16-6-5-13(9-15(16)20)10-17-18(23)22(19(25)26-17)12-14-4-3-7-21-11-14/h1,3-7,9-11H,8,12H2/b17-10-. The van der Waals surface area contributed by atoms with Crippen molar-refractivity contribution in [2.24, 2.45) is 0 Å². The van der Waals surface area contributed by atoms with Gasteiger partial charge in [0.1, 0.15) is 16.7 Å². The van der Waals surface area contributed by atoms with Crippen molar-refractivity contribution in [2.75, 3.05) is 6.61 Å². The van der Waals surface area contributed by atoms with Crippen LogP contribution in [0.1, 0.15) is 11.1 Å². The highest BCUT2D eigenvalue weighted by Crippen LogP contribution is 2.34. The molecule has 0 bridgehead atoms. The Morgan fingerprint density at radius 1 is 1.42 bits per heavy atom. The summed E-state index contributed by atoms with van der Waals surface area (Å²) in [6, 6.07) is 8.99. The van der Waals surface area contributed by atoms with Crippen LogP contribution in [0.3, 0.4) is 0 Å². The van der Waals surface area contributed by atoms with Crippen molar-refractivity contribution in [2.45, 2.75) is 6.54 Å². The summed E-state index contributed by atoms with van der Waals surface area (Å²) in [5.74, 6) is 2.76. The number of thiocarbonyl (C=S) groups is 1. The van der Waals surface area contributed by atoms with Crippen molar-refractivity contribution in [3.05, 3.63) is 63.8 Å². The number of halogens is 1. The molecule has 1 aromatic carbocycles. The predicted octanol–water partition coefficient (Wildman–Crippen LogP) is 4.15. The molecular weight excluding hydrogens is 388 g/mol. The van der Waals surface area contributed by atoms with Gasteiger partial charge in [-0.3, -0.25) is 14.7 Å². The molecule has 1 amide bonds. The van der Waals surface area contributed by atoms with E-state index in [4.69, 9.17) is 35.0 Å². The van der Waals surface area contributed by atoms with Crippen molar-refractivity contribution in [1.29, 1.82) is 0 Å². The first-order valence-corrected chi connectivity index (χ1v) is 9.19. The number of pyridine rings is 1. The number of amides is 1. The highest BCUT2D eigenvalue weighted by molar-refractivity contribution is 8.26. The monoisotopic (exact) mass is 400 g/mol. The first-order valence-electron chi connectivity index (χ1n) is 7.58. The molecule has 26 heavy (non-hydrogen) atoms. The van der Waals surface area contributed by atoms with Gasteiger partial charge in [0.05, 0.1) is 16.5 Å². The molecule has 2 aromatic rings. The average molecular weight is 401 g/mol. The van der Waals surface area contributed by atoms with E-state index < -0.39 is 0 Å². The molecule has 1 aromatic heterocycles. The second kappa shape index (κ2) is 8.37. The molecule has 0 unspecified atom stereocenters. The van der Waals surface area contributed by atoms with Crippen LogP contribution in [-0.4, -0.2) is 26.7 Å². The summed E-state index contributed by atoms with van der Waals surface area (Å²) in [5.41, 5.74) is 1.70. The number of terminal acetylenes is 1. The third kappa shape index (κ3) is 4.25. The van der Waals surface area contributed by atoms with E-state index in [0.29, 0.717) is 26.5 Å². The molecule has 130 valence electrons. The van der Waals surface area contributed by atoms with E-state index in [2.05, 4.69) is 10.9 Å². The lowest BCUT2D eigenvalue weighted by molar-refractivity contribution is -0.122. The third-order valence-electron chi connectivity index (χ3n) is 3.50. The fourth-order valence-electron chi connectivity index (χ4n) is 2.31. The Morgan fingerprint density at radius 3 is 2.96 bits per heavy atom. The van der Waals surface area contributed by atoms with Gasteiger partial charge in [0.2, 0.25) is 0 Å². The summed E-state index contributed by atoms with van der Waals surface area (Å²) in [4.78, 5) is 18.8. The van der Waals surface area contributed by atoms with Gasteiger partial charge >= 0.3 is 0 Å². The van der Waals surface area contributed by atoms with Gasteiger partial charge in [-0.25, -0.2) is 0 Å². The lowest BCUT2D eigenvalue weighted by Gasteiger charge is -2.13. The SMILES string of the molecule is C#CCOc1ccc(/C=C2\SC(=S)N(Cc3cccnc3)C2=O)cc1Cl. The summed E-state index contributed by atoms with van der Waals surface area (Å²) < 4.78 is 5.86. The van der Waals surface area contributed by atoms with E-state index >= 15 is 0 Å². The zero-order valence-electron chi connectivity index (χ0n) is 13.5. The number of nitrogens with zero attached hydrogens (tertiary/aromatic N) is 2. The summed E-state index contributed by atoms with van der Waals surface area (Å²) >= 11 is 12.8. The van der Waals surface area contributed by atoms with Crippen LogP contribution in [0.5, 0.6) is 5.75 Å². The number of thioether (sulfide) groups is 1. The average Bonchev–Trinajstić information content (AvgIpc) is 2.89. The smallest absolute Gasteiger partial charge is 0.266 e.